The Morgan fingerprint density at radius 3 is 2.72 bits per heavy atom. The predicted octanol–water partition coefficient (Wildman–Crippen LogP) is 4.81. The lowest BCUT2D eigenvalue weighted by atomic mass is 9.51. The zero-order valence-electron chi connectivity index (χ0n) is 21.4. The van der Waals surface area contributed by atoms with Gasteiger partial charge in [0.05, 0.1) is 5.60 Å². The molecule has 1 saturated heterocycles. The summed E-state index contributed by atoms with van der Waals surface area (Å²) in [6, 6.07) is 12.2. The summed E-state index contributed by atoms with van der Waals surface area (Å²) in [5.41, 5.74) is 2.38. The van der Waals surface area contributed by atoms with E-state index in [0.29, 0.717) is 29.7 Å². The van der Waals surface area contributed by atoms with E-state index in [1.165, 1.54) is 31.4 Å². The number of likely N-dealkylation sites (tertiary alicyclic amines) is 1. The van der Waals surface area contributed by atoms with E-state index in [0.717, 1.165) is 42.9 Å². The van der Waals surface area contributed by atoms with Crippen molar-refractivity contribution in [2.45, 2.75) is 87.9 Å². The number of rotatable bonds is 5. The summed E-state index contributed by atoms with van der Waals surface area (Å²) >= 11 is 0. The molecule has 2 aromatic rings. The maximum absolute atomic E-state index is 13.2. The van der Waals surface area contributed by atoms with E-state index in [9.17, 15) is 15.0 Å². The molecular weight excluding hydrogens is 450 g/mol. The number of carbonyl (C=O) groups is 1. The molecule has 2 heterocycles. The van der Waals surface area contributed by atoms with Gasteiger partial charge in [0.2, 0.25) is 0 Å². The van der Waals surface area contributed by atoms with Crippen molar-refractivity contribution in [2.75, 3.05) is 13.1 Å². The molecule has 5 aliphatic rings. The SMILES string of the molecule is CC(c1cc2c3c(c1O)OC1C(=O)CC[C@H]4[C@@H](C2)N(CC2CCC2)CC[C@]314)C(C)(O)c1ccccc1. The van der Waals surface area contributed by atoms with Crippen LogP contribution in [0.5, 0.6) is 11.5 Å². The van der Waals surface area contributed by atoms with Crippen LogP contribution in [-0.4, -0.2) is 46.1 Å². The highest BCUT2D eigenvalue weighted by atomic mass is 16.5. The van der Waals surface area contributed by atoms with E-state index in [-0.39, 0.29) is 22.9 Å². The highest BCUT2D eigenvalue weighted by molar-refractivity contribution is 5.89. The first kappa shape index (κ1) is 22.8. The molecule has 0 radical (unpaired) electrons. The fourth-order valence-corrected chi connectivity index (χ4v) is 8.40. The van der Waals surface area contributed by atoms with Gasteiger partial charge in [0, 0.05) is 41.5 Å². The fraction of sp³-hybridized carbons (Fsp3) is 0.581. The number of hydrogen-bond acceptors (Lipinski definition) is 5. The molecule has 2 saturated carbocycles. The monoisotopic (exact) mass is 487 g/mol. The number of benzene rings is 2. The molecule has 5 nitrogen and oxygen atoms in total. The smallest absolute Gasteiger partial charge is 0.174 e. The van der Waals surface area contributed by atoms with Crippen LogP contribution in [0.4, 0.5) is 0 Å². The molecule has 3 aliphatic carbocycles. The van der Waals surface area contributed by atoms with Crippen molar-refractivity contribution in [3.05, 3.63) is 58.7 Å². The number of Topliss-reactive ketones (excluding diaryl/α,β-unsaturated/α-hetero) is 1. The van der Waals surface area contributed by atoms with Gasteiger partial charge in [0.25, 0.3) is 0 Å². The number of aliphatic hydroxyl groups is 1. The standard InChI is InChI=1S/C31H37NO4/c1-18(30(2,35)21-9-4-3-5-10-21)22-15-20-16-24-23-11-12-25(33)29-31(23,26(20)28(36-29)27(22)34)13-14-32(24)17-19-7-6-8-19/h3-5,9-10,15,18-19,23-24,29,34-35H,6-8,11-14,16-17H2,1-2H3/t18?,23-,24+,29?,30?,31-/m0/s1. The van der Waals surface area contributed by atoms with Crippen LogP contribution >= 0.6 is 0 Å². The van der Waals surface area contributed by atoms with Crippen LogP contribution < -0.4 is 4.74 Å². The largest absolute Gasteiger partial charge is 0.504 e. The molecule has 2 aromatic carbocycles. The van der Waals surface area contributed by atoms with Gasteiger partial charge in [0.1, 0.15) is 0 Å². The first-order valence-electron chi connectivity index (χ1n) is 13.9. The molecule has 2 N–H and O–H groups in total. The van der Waals surface area contributed by atoms with Crippen LogP contribution in [-0.2, 0) is 22.2 Å². The number of phenolic OH excluding ortho intramolecular Hbond substituents is 1. The molecule has 2 aliphatic heterocycles. The summed E-state index contributed by atoms with van der Waals surface area (Å²) in [5, 5.41) is 23.2. The van der Waals surface area contributed by atoms with Crippen molar-refractivity contribution in [1.82, 2.24) is 4.90 Å². The lowest BCUT2D eigenvalue weighted by Gasteiger charge is -2.58. The molecule has 7 rings (SSSR count). The minimum absolute atomic E-state index is 0.114. The first-order valence-corrected chi connectivity index (χ1v) is 13.9. The molecule has 190 valence electrons. The summed E-state index contributed by atoms with van der Waals surface area (Å²) < 4.78 is 6.48. The Hall–Kier alpha value is -2.37. The molecule has 1 spiro atoms. The van der Waals surface area contributed by atoms with E-state index in [2.05, 4.69) is 11.0 Å². The van der Waals surface area contributed by atoms with Gasteiger partial charge in [-0.05, 0) is 68.5 Å². The molecule has 6 atom stereocenters. The van der Waals surface area contributed by atoms with Gasteiger partial charge in [-0.25, -0.2) is 0 Å². The summed E-state index contributed by atoms with van der Waals surface area (Å²) in [5.74, 6) is 1.68. The van der Waals surface area contributed by atoms with Crippen molar-refractivity contribution in [2.24, 2.45) is 11.8 Å². The number of hydrogen-bond donors (Lipinski definition) is 2. The number of ether oxygens (including phenoxy) is 1. The zero-order chi connectivity index (χ0) is 24.8. The third-order valence-corrected chi connectivity index (χ3v) is 10.8. The van der Waals surface area contributed by atoms with Crippen LogP contribution in [0.15, 0.2) is 36.4 Å². The lowest BCUT2D eigenvalue weighted by Crippen LogP contribution is -2.66. The Balaban J connectivity index is 1.34. The van der Waals surface area contributed by atoms with E-state index in [4.69, 9.17) is 4.74 Å². The Morgan fingerprint density at radius 2 is 2.00 bits per heavy atom. The van der Waals surface area contributed by atoms with Gasteiger partial charge >= 0.3 is 0 Å². The molecule has 0 amide bonds. The van der Waals surface area contributed by atoms with Crippen molar-refractivity contribution < 1.29 is 19.7 Å². The summed E-state index contributed by atoms with van der Waals surface area (Å²) in [6.07, 6.45) is 6.90. The molecule has 36 heavy (non-hydrogen) atoms. The maximum Gasteiger partial charge on any atom is 0.174 e. The Labute approximate surface area is 213 Å². The van der Waals surface area contributed by atoms with Crippen LogP contribution in [0.25, 0.3) is 0 Å². The number of phenols is 1. The normalized spacial score (nSPS) is 33.3. The third kappa shape index (κ3) is 2.93. The van der Waals surface area contributed by atoms with Gasteiger partial charge < -0.3 is 14.9 Å². The van der Waals surface area contributed by atoms with Crippen LogP contribution in [0.2, 0.25) is 0 Å². The molecule has 3 fully saturated rings. The molecule has 0 aromatic heterocycles. The van der Waals surface area contributed by atoms with Crippen LogP contribution in [0.3, 0.4) is 0 Å². The third-order valence-electron chi connectivity index (χ3n) is 10.8. The molecule has 2 bridgehead atoms. The second kappa shape index (κ2) is 7.82. The summed E-state index contributed by atoms with van der Waals surface area (Å²) in [6.45, 7) is 5.97. The second-order valence-corrected chi connectivity index (χ2v) is 12.4. The molecule has 3 unspecified atom stereocenters. The number of aromatic hydroxyl groups is 1. The lowest BCUT2D eigenvalue weighted by molar-refractivity contribution is -0.139. The zero-order valence-corrected chi connectivity index (χ0v) is 21.4. The quantitative estimate of drug-likeness (QED) is 0.633. The van der Waals surface area contributed by atoms with E-state index >= 15 is 0 Å². The minimum atomic E-state index is -1.16. The topological polar surface area (TPSA) is 70.0 Å². The number of piperidine rings is 1. The van der Waals surface area contributed by atoms with Gasteiger partial charge in [-0.1, -0.05) is 49.7 Å². The summed E-state index contributed by atoms with van der Waals surface area (Å²) in [7, 11) is 0. The second-order valence-electron chi connectivity index (χ2n) is 12.4. The van der Waals surface area contributed by atoms with Gasteiger partial charge in [-0.2, -0.15) is 0 Å². The number of ketones is 1. The van der Waals surface area contributed by atoms with Crippen LogP contribution in [0, 0.1) is 11.8 Å². The van der Waals surface area contributed by atoms with E-state index < -0.39 is 11.7 Å². The highest BCUT2D eigenvalue weighted by Crippen LogP contribution is 2.64. The van der Waals surface area contributed by atoms with Gasteiger partial charge in [0.15, 0.2) is 23.4 Å². The maximum atomic E-state index is 13.2. The van der Waals surface area contributed by atoms with Gasteiger partial charge in [-0.15, -0.1) is 0 Å². The van der Waals surface area contributed by atoms with Crippen molar-refractivity contribution >= 4 is 5.78 Å². The minimum Gasteiger partial charge on any atom is -0.504 e. The number of carbonyl (C=O) groups excluding carboxylic acids is 1. The Kier molecular flexibility index (Phi) is 4.95. The van der Waals surface area contributed by atoms with Crippen molar-refractivity contribution in [3.8, 4) is 11.5 Å². The Morgan fingerprint density at radius 1 is 1.22 bits per heavy atom. The highest BCUT2D eigenvalue weighted by Gasteiger charge is 2.66. The fourth-order valence-electron chi connectivity index (χ4n) is 8.40. The first-order chi connectivity index (χ1) is 17.3. The predicted molar refractivity (Wildman–Crippen MR) is 137 cm³/mol. The van der Waals surface area contributed by atoms with Crippen molar-refractivity contribution in [3.63, 3.8) is 0 Å². The average molecular weight is 488 g/mol. The molecule has 5 heteroatoms. The Bertz CT molecular complexity index is 1220. The van der Waals surface area contributed by atoms with Crippen molar-refractivity contribution in [1.29, 1.82) is 0 Å². The molecular formula is C31H37NO4. The summed E-state index contributed by atoms with van der Waals surface area (Å²) in [4.78, 5) is 16.0. The van der Waals surface area contributed by atoms with Gasteiger partial charge in [-0.3, -0.25) is 9.69 Å². The van der Waals surface area contributed by atoms with E-state index in [1.807, 2.05) is 44.2 Å². The number of nitrogens with zero attached hydrogens (tertiary/aromatic N) is 1. The average Bonchev–Trinajstić information content (AvgIpc) is 3.20. The van der Waals surface area contributed by atoms with E-state index in [1.54, 1.807) is 0 Å². The van der Waals surface area contributed by atoms with Crippen LogP contribution in [0.1, 0.15) is 80.5 Å².